The molecule has 23 heavy (non-hydrogen) atoms. The maximum Gasteiger partial charge on any atom is 0.240 e. The minimum absolute atomic E-state index is 0.524. The Hall–Kier alpha value is -1.72. The number of benzene rings is 1. The topological polar surface area (TPSA) is 62.4 Å². The highest BCUT2D eigenvalue weighted by atomic mass is 16.5. The van der Waals surface area contributed by atoms with Crippen LogP contribution in [0.1, 0.15) is 44.0 Å². The molecule has 2 aromatic rings. The Balaban J connectivity index is 1.56. The first-order valence-electron chi connectivity index (χ1n) is 8.37. The van der Waals surface area contributed by atoms with Crippen LogP contribution < -0.4 is 0 Å². The molecule has 0 spiro atoms. The molecule has 0 amide bonds. The number of hydrogen-bond donors (Lipinski definition) is 1. The molecule has 0 aliphatic carbocycles. The normalized spacial score (nSPS) is 18.4. The Bertz CT molecular complexity index is 616. The van der Waals surface area contributed by atoms with Crippen LogP contribution in [0.4, 0.5) is 0 Å². The summed E-state index contributed by atoms with van der Waals surface area (Å²) in [5, 5.41) is 14.9. The molecule has 0 atom stereocenters. The molecule has 5 heteroatoms. The van der Waals surface area contributed by atoms with Gasteiger partial charge in [-0.3, -0.25) is 4.90 Å². The summed E-state index contributed by atoms with van der Waals surface area (Å²) in [6.45, 7) is 6.60. The van der Waals surface area contributed by atoms with Gasteiger partial charge in [-0.05, 0) is 24.3 Å². The van der Waals surface area contributed by atoms with E-state index in [9.17, 15) is 5.11 Å². The highest BCUT2D eigenvalue weighted by Gasteiger charge is 2.34. The molecule has 0 radical (unpaired) electrons. The van der Waals surface area contributed by atoms with Crippen molar-refractivity contribution in [1.82, 2.24) is 15.0 Å². The van der Waals surface area contributed by atoms with Crippen LogP contribution in [0.2, 0.25) is 0 Å². The van der Waals surface area contributed by atoms with Crippen molar-refractivity contribution in [3.05, 3.63) is 47.6 Å². The Morgan fingerprint density at radius 1 is 1.22 bits per heavy atom. The number of aromatic nitrogens is 2. The number of aliphatic hydroxyl groups is 1. The lowest BCUT2D eigenvalue weighted by Crippen LogP contribution is -2.42. The summed E-state index contributed by atoms with van der Waals surface area (Å²) in [5.41, 5.74) is 0.298. The van der Waals surface area contributed by atoms with Gasteiger partial charge in [-0.25, -0.2) is 0 Å². The molecule has 124 valence electrons. The van der Waals surface area contributed by atoms with Crippen molar-refractivity contribution in [2.75, 3.05) is 13.1 Å². The van der Waals surface area contributed by atoms with Crippen molar-refractivity contribution in [3.63, 3.8) is 0 Å². The first-order chi connectivity index (χ1) is 11.0. The first kappa shape index (κ1) is 16.1. The minimum Gasteiger partial charge on any atom is -0.385 e. The van der Waals surface area contributed by atoms with E-state index < -0.39 is 5.60 Å². The third-order valence-corrected chi connectivity index (χ3v) is 4.45. The van der Waals surface area contributed by atoms with E-state index in [0.29, 0.717) is 18.4 Å². The van der Waals surface area contributed by atoms with Gasteiger partial charge in [0.05, 0.1) is 12.1 Å². The van der Waals surface area contributed by atoms with Gasteiger partial charge in [0.15, 0.2) is 5.82 Å². The van der Waals surface area contributed by atoms with Gasteiger partial charge in [0.25, 0.3) is 0 Å². The molecule has 1 N–H and O–H groups in total. The van der Waals surface area contributed by atoms with Gasteiger partial charge >= 0.3 is 0 Å². The van der Waals surface area contributed by atoms with E-state index in [2.05, 4.69) is 28.9 Å². The smallest absolute Gasteiger partial charge is 0.240 e. The van der Waals surface area contributed by atoms with Crippen molar-refractivity contribution < 1.29 is 9.63 Å². The van der Waals surface area contributed by atoms with E-state index in [-0.39, 0.29) is 0 Å². The Morgan fingerprint density at radius 3 is 2.57 bits per heavy atom. The van der Waals surface area contributed by atoms with Gasteiger partial charge in [0.1, 0.15) is 0 Å². The second-order valence-corrected chi connectivity index (χ2v) is 6.88. The molecule has 1 saturated heterocycles. The predicted molar refractivity (Wildman–Crippen MR) is 87.7 cm³/mol. The van der Waals surface area contributed by atoms with Crippen LogP contribution in [0.5, 0.6) is 0 Å². The highest BCUT2D eigenvalue weighted by molar-refractivity contribution is 5.22. The van der Waals surface area contributed by atoms with Gasteiger partial charge < -0.3 is 9.63 Å². The number of nitrogens with zero attached hydrogens (tertiary/aromatic N) is 3. The Morgan fingerprint density at radius 2 is 1.91 bits per heavy atom. The van der Waals surface area contributed by atoms with E-state index in [0.717, 1.165) is 43.7 Å². The molecule has 0 unspecified atom stereocenters. The minimum atomic E-state index is -0.713. The van der Waals surface area contributed by atoms with Crippen LogP contribution in [0, 0.1) is 5.92 Å². The zero-order valence-electron chi connectivity index (χ0n) is 13.9. The first-order valence-corrected chi connectivity index (χ1v) is 8.37. The predicted octanol–water partition coefficient (Wildman–Crippen LogP) is 2.75. The van der Waals surface area contributed by atoms with E-state index in [1.165, 1.54) is 0 Å². The number of piperidine rings is 1. The summed E-state index contributed by atoms with van der Waals surface area (Å²) >= 11 is 0. The van der Waals surface area contributed by atoms with Crippen LogP contribution in [0.15, 0.2) is 34.9 Å². The number of rotatable bonds is 5. The van der Waals surface area contributed by atoms with Crippen LogP contribution >= 0.6 is 0 Å². The van der Waals surface area contributed by atoms with E-state index in [1.807, 2.05) is 30.3 Å². The van der Waals surface area contributed by atoms with E-state index in [4.69, 9.17) is 4.52 Å². The lowest BCUT2D eigenvalue weighted by molar-refractivity contribution is -0.0295. The average molecular weight is 315 g/mol. The maximum absolute atomic E-state index is 10.9. The fourth-order valence-corrected chi connectivity index (χ4v) is 3.11. The quantitative estimate of drug-likeness (QED) is 0.919. The fourth-order valence-electron chi connectivity index (χ4n) is 3.11. The highest BCUT2D eigenvalue weighted by Crippen LogP contribution is 2.32. The molecule has 1 aromatic carbocycles. The van der Waals surface area contributed by atoms with Crippen LogP contribution in [-0.2, 0) is 18.6 Å². The molecule has 5 nitrogen and oxygen atoms in total. The summed E-state index contributed by atoms with van der Waals surface area (Å²) in [6, 6.07) is 9.95. The molecule has 0 saturated carbocycles. The van der Waals surface area contributed by atoms with Crippen LogP contribution in [-0.4, -0.2) is 33.2 Å². The van der Waals surface area contributed by atoms with Gasteiger partial charge in [-0.2, -0.15) is 4.98 Å². The van der Waals surface area contributed by atoms with Crippen molar-refractivity contribution >= 4 is 0 Å². The summed E-state index contributed by atoms with van der Waals surface area (Å²) in [4.78, 5) is 6.73. The number of likely N-dealkylation sites (tertiary alicyclic amines) is 1. The van der Waals surface area contributed by atoms with Crippen molar-refractivity contribution in [2.24, 2.45) is 5.92 Å². The van der Waals surface area contributed by atoms with Crippen molar-refractivity contribution in [1.29, 1.82) is 0 Å². The SMILES string of the molecule is CC(C)Cc1noc(CN2CCC(O)(c3ccccc3)CC2)n1. The van der Waals surface area contributed by atoms with Gasteiger partial charge in [-0.1, -0.05) is 49.3 Å². The van der Waals surface area contributed by atoms with E-state index in [1.54, 1.807) is 0 Å². The maximum atomic E-state index is 10.9. The molecule has 0 bridgehead atoms. The largest absolute Gasteiger partial charge is 0.385 e. The summed E-state index contributed by atoms with van der Waals surface area (Å²) in [5.74, 6) is 1.98. The summed E-state index contributed by atoms with van der Waals surface area (Å²) in [7, 11) is 0. The molecule has 1 fully saturated rings. The monoisotopic (exact) mass is 315 g/mol. The van der Waals surface area contributed by atoms with Crippen LogP contribution in [0.25, 0.3) is 0 Å². The van der Waals surface area contributed by atoms with Crippen molar-refractivity contribution in [2.45, 2.75) is 45.3 Å². The van der Waals surface area contributed by atoms with Gasteiger partial charge in [-0.15, -0.1) is 0 Å². The summed E-state index contributed by atoms with van der Waals surface area (Å²) < 4.78 is 5.34. The van der Waals surface area contributed by atoms with Gasteiger partial charge in [0, 0.05) is 19.5 Å². The molecule has 1 aromatic heterocycles. The number of hydrogen-bond acceptors (Lipinski definition) is 5. The molecular weight excluding hydrogens is 290 g/mol. The molecule has 1 aliphatic rings. The second-order valence-electron chi connectivity index (χ2n) is 6.88. The second kappa shape index (κ2) is 6.81. The Labute approximate surface area is 137 Å². The molecule has 3 rings (SSSR count). The lowest BCUT2D eigenvalue weighted by atomic mass is 9.84. The average Bonchev–Trinajstić information content (AvgIpc) is 2.97. The fraction of sp³-hybridized carbons (Fsp3) is 0.556. The molecule has 2 heterocycles. The zero-order chi connectivity index (χ0) is 16.3. The third kappa shape index (κ3) is 3.98. The molecule has 1 aliphatic heterocycles. The molecular formula is C18H25N3O2. The standard InChI is InChI=1S/C18H25N3O2/c1-14(2)12-16-19-17(23-20-16)13-21-10-8-18(22,9-11-21)15-6-4-3-5-7-15/h3-7,14,22H,8-13H2,1-2H3. The van der Waals surface area contributed by atoms with E-state index >= 15 is 0 Å². The van der Waals surface area contributed by atoms with Crippen molar-refractivity contribution in [3.8, 4) is 0 Å². The summed E-state index contributed by atoms with van der Waals surface area (Å²) in [6.07, 6.45) is 2.30. The van der Waals surface area contributed by atoms with Gasteiger partial charge in [0.2, 0.25) is 5.89 Å². The lowest BCUT2D eigenvalue weighted by Gasteiger charge is -2.38. The third-order valence-electron chi connectivity index (χ3n) is 4.45. The van der Waals surface area contributed by atoms with Crippen LogP contribution in [0.3, 0.4) is 0 Å². The zero-order valence-corrected chi connectivity index (χ0v) is 13.9. The Kier molecular flexibility index (Phi) is 4.78.